The van der Waals surface area contributed by atoms with Crippen LogP contribution in [-0.4, -0.2) is 41.5 Å². The maximum Gasteiger partial charge on any atom is 0.253 e. The lowest BCUT2D eigenvalue weighted by Crippen LogP contribution is -2.41. The Bertz CT molecular complexity index is 389. The molecule has 1 heterocycles. The number of carbonyl (C=O) groups excluding carboxylic acids is 1. The first-order chi connectivity index (χ1) is 9.10. The van der Waals surface area contributed by atoms with Crippen LogP contribution >= 0.6 is 0 Å². The number of likely N-dealkylation sites (N-methyl/N-ethyl adjacent to an activating group) is 1. The molecule has 1 amide bonds. The van der Waals surface area contributed by atoms with Gasteiger partial charge in [-0.05, 0) is 32.1 Å². The third-order valence-corrected chi connectivity index (χ3v) is 2.98. The zero-order valence-corrected chi connectivity index (χ0v) is 11.8. The van der Waals surface area contributed by atoms with E-state index in [0.717, 1.165) is 19.6 Å². The fraction of sp³-hybridized carbons (Fsp3) is 0.538. The highest BCUT2D eigenvalue weighted by Gasteiger charge is 2.12. The van der Waals surface area contributed by atoms with Crippen LogP contribution in [0.1, 0.15) is 31.1 Å². The third kappa shape index (κ3) is 4.84. The minimum atomic E-state index is -0.115. The van der Waals surface area contributed by atoms with Crippen molar-refractivity contribution in [1.29, 1.82) is 0 Å². The van der Waals surface area contributed by atoms with Crippen LogP contribution in [-0.2, 0) is 0 Å². The van der Waals surface area contributed by atoms with Crippen molar-refractivity contribution >= 4 is 11.7 Å². The fourth-order valence-corrected chi connectivity index (χ4v) is 1.84. The number of amides is 1. The molecular formula is C13H23N5O. The predicted octanol–water partition coefficient (Wildman–Crippen LogP) is 0.827. The molecule has 0 saturated carbocycles. The largest absolute Gasteiger partial charge is 0.348 e. The minimum absolute atomic E-state index is 0.0970. The molecule has 0 bridgehead atoms. The molecule has 0 fully saturated rings. The number of pyridine rings is 1. The maximum absolute atomic E-state index is 12.0. The highest BCUT2D eigenvalue weighted by atomic mass is 16.1. The number of anilines is 1. The summed E-state index contributed by atoms with van der Waals surface area (Å²) in [6.45, 7) is 9.03. The van der Waals surface area contributed by atoms with Crippen LogP contribution in [0.4, 0.5) is 5.82 Å². The van der Waals surface area contributed by atoms with E-state index in [4.69, 9.17) is 5.84 Å². The molecule has 0 spiro atoms. The Labute approximate surface area is 114 Å². The molecule has 1 aromatic heterocycles. The lowest BCUT2D eigenvalue weighted by Gasteiger charge is -2.23. The van der Waals surface area contributed by atoms with Crippen LogP contribution in [0, 0.1) is 0 Å². The van der Waals surface area contributed by atoms with E-state index >= 15 is 0 Å². The van der Waals surface area contributed by atoms with Gasteiger partial charge in [-0.2, -0.15) is 0 Å². The summed E-state index contributed by atoms with van der Waals surface area (Å²) in [6, 6.07) is 3.46. The number of nitrogens with one attached hydrogen (secondary N) is 2. The molecule has 0 radical (unpaired) electrons. The van der Waals surface area contributed by atoms with E-state index in [1.165, 1.54) is 6.20 Å². The molecule has 1 rings (SSSR count). The first-order valence-corrected chi connectivity index (χ1v) is 6.56. The van der Waals surface area contributed by atoms with Gasteiger partial charge >= 0.3 is 0 Å². The molecule has 6 heteroatoms. The molecule has 1 aromatic rings. The van der Waals surface area contributed by atoms with Crippen molar-refractivity contribution in [2.45, 2.75) is 26.8 Å². The second kappa shape index (κ2) is 7.70. The molecule has 6 nitrogen and oxygen atoms in total. The number of aromatic nitrogens is 1. The summed E-state index contributed by atoms with van der Waals surface area (Å²) in [6.07, 6.45) is 1.51. The van der Waals surface area contributed by atoms with Gasteiger partial charge in [0.25, 0.3) is 5.91 Å². The highest BCUT2D eigenvalue weighted by Crippen LogP contribution is 2.04. The Morgan fingerprint density at radius 2 is 2.11 bits per heavy atom. The average molecular weight is 265 g/mol. The number of nitrogen functional groups attached to an aromatic ring is 1. The number of hydrogen-bond acceptors (Lipinski definition) is 5. The fourth-order valence-electron chi connectivity index (χ4n) is 1.84. The van der Waals surface area contributed by atoms with Gasteiger partial charge in [0.1, 0.15) is 5.82 Å². The second-order valence-corrected chi connectivity index (χ2v) is 4.44. The van der Waals surface area contributed by atoms with Crippen LogP contribution in [0.3, 0.4) is 0 Å². The van der Waals surface area contributed by atoms with Crippen LogP contribution in [0.15, 0.2) is 18.3 Å². The van der Waals surface area contributed by atoms with Crippen molar-refractivity contribution in [1.82, 2.24) is 15.2 Å². The molecule has 0 aliphatic rings. The Hall–Kier alpha value is -1.66. The Morgan fingerprint density at radius 1 is 1.42 bits per heavy atom. The molecular weight excluding hydrogens is 242 g/mol. The van der Waals surface area contributed by atoms with Crippen molar-refractivity contribution in [3.8, 4) is 0 Å². The Morgan fingerprint density at radius 3 is 2.58 bits per heavy atom. The van der Waals surface area contributed by atoms with Crippen molar-refractivity contribution in [3.05, 3.63) is 23.9 Å². The third-order valence-electron chi connectivity index (χ3n) is 2.98. The number of nitrogens with two attached hydrogens (primary N) is 1. The van der Waals surface area contributed by atoms with Crippen LogP contribution in [0.2, 0.25) is 0 Å². The molecule has 0 aliphatic carbocycles. The molecule has 19 heavy (non-hydrogen) atoms. The number of hydrogen-bond donors (Lipinski definition) is 3. The van der Waals surface area contributed by atoms with Crippen molar-refractivity contribution in [2.75, 3.05) is 25.1 Å². The molecule has 106 valence electrons. The van der Waals surface area contributed by atoms with Crippen molar-refractivity contribution < 1.29 is 4.79 Å². The van der Waals surface area contributed by atoms with E-state index < -0.39 is 0 Å². The van der Waals surface area contributed by atoms with E-state index in [1.807, 2.05) is 6.92 Å². The summed E-state index contributed by atoms with van der Waals surface area (Å²) in [5.74, 6) is 5.64. The van der Waals surface area contributed by atoms with Crippen LogP contribution < -0.4 is 16.6 Å². The predicted molar refractivity (Wildman–Crippen MR) is 76.8 cm³/mol. The number of rotatable bonds is 7. The van der Waals surface area contributed by atoms with Gasteiger partial charge in [-0.25, -0.2) is 10.8 Å². The van der Waals surface area contributed by atoms with Gasteiger partial charge in [-0.1, -0.05) is 13.8 Å². The monoisotopic (exact) mass is 265 g/mol. The highest BCUT2D eigenvalue weighted by molar-refractivity contribution is 5.94. The summed E-state index contributed by atoms with van der Waals surface area (Å²) in [4.78, 5) is 18.3. The van der Waals surface area contributed by atoms with Gasteiger partial charge in [-0.15, -0.1) is 0 Å². The van der Waals surface area contributed by atoms with Crippen molar-refractivity contribution in [3.63, 3.8) is 0 Å². The lowest BCUT2D eigenvalue weighted by atomic mass is 10.2. The second-order valence-electron chi connectivity index (χ2n) is 4.44. The number of hydrazine groups is 1. The quantitative estimate of drug-likeness (QED) is 0.502. The standard InChI is InChI=1S/C13H23N5O/c1-4-18(5-2)9-10(3)16-13(19)11-6-7-12(17-14)15-8-11/h6-8,10H,4-5,9,14H2,1-3H3,(H,15,17)(H,16,19). The van der Waals surface area contributed by atoms with E-state index in [0.29, 0.717) is 11.4 Å². The van der Waals surface area contributed by atoms with Gasteiger partial charge in [0.2, 0.25) is 0 Å². The summed E-state index contributed by atoms with van der Waals surface area (Å²) in [7, 11) is 0. The lowest BCUT2D eigenvalue weighted by molar-refractivity contribution is 0.0930. The minimum Gasteiger partial charge on any atom is -0.348 e. The van der Waals surface area contributed by atoms with E-state index in [1.54, 1.807) is 12.1 Å². The summed E-state index contributed by atoms with van der Waals surface area (Å²) in [5, 5.41) is 2.96. The van der Waals surface area contributed by atoms with Gasteiger partial charge in [0.05, 0.1) is 5.56 Å². The van der Waals surface area contributed by atoms with Gasteiger partial charge in [0.15, 0.2) is 0 Å². The number of nitrogens with zero attached hydrogens (tertiary/aromatic N) is 2. The normalized spacial score (nSPS) is 12.3. The molecule has 0 aromatic carbocycles. The average Bonchev–Trinajstić information content (AvgIpc) is 2.44. The van der Waals surface area contributed by atoms with E-state index in [2.05, 4.69) is 34.5 Å². The molecule has 0 aliphatic heterocycles. The topological polar surface area (TPSA) is 83.3 Å². The summed E-state index contributed by atoms with van der Waals surface area (Å²) in [5.41, 5.74) is 2.96. The Balaban J connectivity index is 2.53. The zero-order chi connectivity index (χ0) is 14.3. The van der Waals surface area contributed by atoms with Crippen LogP contribution in [0.5, 0.6) is 0 Å². The van der Waals surface area contributed by atoms with Gasteiger partial charge in [-0.3, -0.25) is 4.79 Å². The summed E-state index contributed by atoms with van der Waals surface area (Å²) >= 11 is 0. The van der Waals surface area contributed by atoms with Crippen LogP contribution in [0.25, 0.3) is 0 Å². The molecule has 1 unspecified atom stereocenters. The van der Waals surface area contributed by atoms with E-state index in [-0.39, 0.29) is 11.9 Å². The maximum atomic E-state index is 12.0. The Kier molecular flexibility index (Phi) is 6.24. The van der Waals surface area contributed by atoms with Gasteiger partial charge in [0, 0.05) is 18.8 Å². The first kappa shape index (κ1) is 15.4. The first-order valence-electron chi connectivity index (χ1n) is 6.56. The zero-order valence-electron chi connectivity index (χ0n) is 11.8. The molecule has 0 saturated heterocycles. The van der Waals surface area contributed by atoms with Crippen molar-refractivity contribution in [2.24, 2.45) is 5.84 Å². The SMILES string of the molecule is CCN(CC)CC(C)NC(=O)c1ccc(NN)nc1. The summed E-state index contributed by atoms with van der Waals surface area (Å²) < 4.78 is 0. The number of carbonyl (C=O) groups is 1. The molecule has 1 atom stereocenters. The smallest absolute Gasteiger partial charge is 0.253 e. The van der Waals surface area contributed by atoms with E-state index in [9.17, 15) is 4.79 Å². The van der Waals surface area contributed by atoms with Gasteiger partial charge < -0.3 is 15.6 Å². The molecule has 4 N–H and O–H groups in total.